The molecule has 0 atom stereocenters. The van der Waals surface area contributed by atoms with Gasteiger partial charge in [-0.2, -0.15) is 0 Å². The molecule has 1 amide bonds. The number of nitrogens with one attached hydrogen (secondary N) is 1. The number of carbonyl (C=O) groups excluding carboxylic acids is 1. The standard InChI is InChI=1S/C14H12BrFN2O/c1-8-6-10(17)3-4-11(8)14(19)18-13-7-9(16)2-5-12(13)15/h2-7H,17H2,1H3,(H,18,19). The number of anilines is 2. The zero-order valence-corrected chi connectivity index (χ0v) is 11.8. The summed E-state index contributed by atoms with van der Waals surface area (Å²) in [6, 6.07) is 9.13. The van der Waals surface area contributed by atoms with Crippen LogP contribution in [0.25, 0.3) is 0 Å². The molecule has 0 radical (unpaired) electrons. The minimum atomic E-state index is -0.410. The van der Waals surface area contributed by atoms with Gasteiger partial charge in [-0.25, -0.2) is 4.39 Å². The second-order valence-corrected chi connectivity index (χ2v) is 5.01. The molecule has 0 unspecified atom stereocenters. The van der Waals surface area contributed by atoms with Crippen LogP contribution in [0.2, 0.25) is 0 Å². The van der Waals surface area contributed by atoms with Gasteiger partial charge < -0.3 is 11.1 Å². The lowest BCUT2D eigenvalue weighted by Gasteiger charge is -2.10. The molecule has 0 spiro atoms. The van der Waals surface area contributed by atoms with Crippen LogP contribution in [0, 0.1) is 12.7 Å². The Morgan fingerprint density at radius 3 is 2.68 bits per heavy atom. The van der Waals surface area contributed by atoms with Gasteiger partial charge in [0.25, 0.3) is 5.91 Å². The van der Waals surface area contributed by atoms with Crippen molar-refractivity contribution in [2.45, 2.75) is 6.92 Å². The van der Waals surface area contributed by atoms with E-state index in [1.54, 1.807) is 31.2 Å². The largest absolute Gasteiger partial charge is 0.399 e. The Morgan fingerprint density at radius 1 is 1.26 bits per heavy atom. The highest BCUT2D eigenvalue weighted by Gasteiger charge is 2.11. The number of aryl methyl sites for hydroxylation is 1. The topological polar surface area (TPSA) is 55.1 Å². The minimum Gasteiger partial charge on any atom is -0.399 e. The normalized spacial score (nSPS) is 10.3. The first kappa shape index (κ1) is 13.5. The van der Waals surface area contributed by atoms with Gasteiger partial charge in [0, 0.05) is 15.7 Å². The van der Waals surface area contributed by atoms with E-state index < -0.39 is 5.82 Å². The summed E-state index contributed by atoms with van der Waals surface area (Å²) in [7, 11) is 0. The van der Waals surface area contributed by atoms with Gasteiger partial charge in [-0.1, -0.05) is 0 Å². The molecular weight excluding hydrogens is 311 g/mol. The highest BCUT2D eigenvalue weighted by atomic mass is 79.9. The highest BCUT2D eigenvalue weighted by molar-refractivity contribution is 9.10. The third-order valence-electron chi connectivity index (χ3n) is 2.67. The molecule has 3 nitrogen and oxygen atoms in total. The zero-order valence-electron chi connectivity index (χ0n) is 10.2. The van der Waals surface area contributed by atoms with Crippen molar-refractivity contribution in [3.8, 4) is 0 Å². The fraction of sp³-hybridized carbons (Fsp3) is 0.0714. The minimum absolute atomic E-state index is 0.302. The van der Waals surface area contributed by atoms with Crippen LogP contribution in [0.15, 0.2) is 40.9 Å². The van der Waals surface area contributed by atoms with E-state index in [1.807, 2.05) is 0 Å². The summed E-state index contributed by atoms with van der Waals surface area (Å²) < 4.78 is 13.8. The number of halogens is 2. The average Bonchev–Trinajstić information content (AvgIpc) is 2.33. The molecule has 2 rings (SSSR count). The summed E-state index contributed by atoms with van der Waals surface area (Å²) >= 11 is 3.26. The van der Waals surface area contributed by atoms with E-state index in [2.05, 4.69) is 21.2 Å². The summed E-state index contributed by atoms with van der Waals surface area (Å²) in [4.78, 5) is 12.1. The van der Waals surface area contributed by atoms with E-state index in [0.717, 1.165) is 5.56 Å². The summed E-state index contributed by atoms with van der Waals surface area (Å²) in [5.41, 5.74) is 7.90. The SMILES string of the molecule is Cc1cc(N)ccc1C(=O)Nc1cc(F)ccc1Br. The molecule has 0 aliphatic heterocycles. The molecule has 3 N–H and O–H groups in total. The average molecular weight is 323 g/mol. The molecular formula is C14H12BrFN2O. The lowest BCUT2D eigenvalue weighted by atomic mass is 10.1. The Bertz CT molecular complexity index is 643. The molecule has 0 aromatic heterocycles. The van der Waals surface area contributed by atoms with Gasteiger partial charge in [0.05, 0.1) is 5.69 Å². The number of hydrogen-bond acceptors (Lipinski definition) is 2. The second kappa shape index (κ2) is 5.40. The Kier molecular flexibility index (Phi) is 3.85. The van der Waals surface area contributed by atoms with Crippen LogP contribution in [0.1, 0.15) is 15.9 Å². The molecule has 0 saturated carbocycles. The van der Waals surface area contributed by atoms with Crippen LogP contribution in [-0.4, -0.2) is 5.91 Å². The first-order valence-corrected chi connectivity index (χ1v) is 6.39. The van der Waals surface area contributed by atoms with Crippen LogP contribution in [0.3, 0.4) is 0 Å². The van der Waals surface area contributed by atoms with Crippen LogP contribution in [0.4, 0.5) is 15.8 Å². The maximum absolute atomic E-state index is 13.1. The molecule has 0 heterocycles. The van der Waals surface area contributed by atoms with Gasteiger partial charge >= 0.3 is 0 Å². The molecule has 2 aromatic rings. The third kappa shape index (κ3) is 3.12. The Balaban J connectivity index is 2.28. The Morgan fingerprint density at radius 2 is 2.00 bits per heavy atom. The van der Waals surface area contributed by atoms with Crippen molar-refractivity contribution < 1.29 is 9.18 Å². The molecule has 98 valence electrons. The zero-order chi connectivity index (χ0) is 14.0. The summed E-state index contributed by atoms with van der Waals surface area (Å²) in [6.45, 7) is 1.80. The van der Waals surface area contributed by atoms with Crippen molar-refractivity contribution >= 4 is 33.2 Å². The van der Waals surface area contributed by atoms with Crippen molar-refractivity contribution in [3.63, 3.8) is 0 Å². The van der Waals surface area contributed by atoms with Crippen molar-refractivity contribution in [1.82, 2.24) is 0 Å². The van der Waals surface area contributed by atoms with Crippen molar-refractivity contribution in [2.24, 2.45) is 0 Å². The van der Waals surface area contributed by atoms with E-state index in [0.29, 0.717) is 21.4 Å². The smallest absolute Gasteiger partial charge is 0.255 e. The molecule has 0 saturated heterocycles. The van der Waals surface area contributed by atoms with E-state index in [4.69, 9.17) is 5.73 Å². The van der Waals surface area contributed by atoms with E-state index in [-0.39, 0.29) is 5.91 Å². The maximum Gasteiger partial charge on any atom is 0.255 e. The first-order chi connectivity index (χ1) is 8.97. The fourth-order valence-electron chi connectivity index (χ4n) is 1.72. The van der Waals surface area contributed by atoms with Crippen molar-refractivity contribution in [3.05, 3.63) is 57.8 Å². The Hall–Kier alpha value is -1.88. The van der Waals surface area contributed by atoms with Gasteiger partial charge in [-0.3, -0.25) is 4.79 Å². The lowest BCUT2D eigenvalue weighted by molar-refractivity contribution is 0.102. The first-order valence-electron chi connectivity index (χ1n) is 5.60. The molecule has 0 aliphatic rings. The van der Waals surface area contributed by atoms with Gasteiger partial charge in [0.2, 0.25) is 0 Å². The summed E-state index contributed by atoms with van der Waals surface area (Å²) in [5, 5.41) is 2.66. The van der Waals surface area contributed by atoms with Crippen molar-refractivity contribution in [1.29, 1.82) is 0 Å². The summed E-state index contributed by atoms with van der Waals surface area (Å²) in [5.74, 6) is -0.712. The predicted octanol–water partition coefficient (Wildman–Crippen LogP) is 3.73. The van der Waals surface area contributed by atoms with Crippen molar-refractivity contribution in [2.75, 3.05) is 11.1 Å². The van der Waals surface area contributed by atoms with E-state index >= 15 is 0 Å². The van der Waals surface area contributed by atoms with Crippen LogP contribution in [0.5, 0.6) is 0 Å². The number of carbonyl (C=O) groups is 1. The van der Waals surface area contributed by atoms with Gasteiger partial charge in [0.1, 0.15) is 5.82 Å². The summed E-state index contributed by atoms with van der Waals surface area (Å²) in [6.07, 6.45) is 0. The molecule has 19 heavy (non-hydrogen) atoms. The van der Waals surface area contributed by atoms with Crippen LogP contribution >= 0.6 is 15.9 Å². The molecule has 0 fully saturated rings. The number of nitrogens with two attached hydrogens (primary N) is 1. The number of benzene rings is 2. The van der Waals surface area contributed by atoms with Crippen LogP contribution < -0.4 is 11.1 Å². The second-order valence-electron chi connectivity index (χ2n) is 4.15. The van der Waals surface area contributed by atoms with Gasteiger partial charge in [-0.05, 0) is 64.8 Å². The highest BCUT2D eigenvalue weighted by Crippen LogP contribution is 2.24. The number of rotatable bonds is 2. The monoisotopic (exact) mass is 322 g/mol. The van der Waals surface area contributed by atoms with Crippen LogP contribution in [-0.2, 0) is 0 Å². The Labute approximate surface area is 118 Å². The van der Waals surface area contributed by atoms with Gasteiger partial charge in [-0.15, -0.1) is 0 Å². The van der Waals surface area contributed by atoms with E-state index in [9.17, 15) is 9.18 Å². The third-order valence-corrected chi connectivity index (χ3v) is 3.36. The predicted molar refractivity (Wildman–Crippen MR) is 77.6 cm³/mol. The number of nitrogen functional groups attached to an aromatic ring is 1. The molecule has 0 bridgehead atoms. The molecule has 5 heteroatoms. The quantitative estimate of drug-likeness (QED) is 0.828. The molecule has 2 aromatic carbocycles. The van der Waals surface area contributed by atoms with E-state index in [1.165, 1.54) is 12.1 Å². The fourth-order valence-corrected chi connectivity index (χ4v) is 2.07. The maximum atomic E-state index is 13.1. The van der Waals surface area contributed by atoms with Gasteiger partial charge in [0.15, 0.2) is 0 Å². The molecule has 0 aliphatic carbocycles. The number of amides is 1. The lowest BCUT2D eigenvalue weighted by Crippen LogP contribution is -2.14. The number of hydrogen-bond donors (Lipinski definition) is 2.